The molecule has 0 saturated carbocycles. The molecule has 0 fully saturated rings. The first-order chi connectivity index (χ1) is 10.0. The molecule has 1 heterocycles. The van der Waals surface area contributed by atoms with Gasteiger partial charge in [0.2, 0.25) is 0 Å². The lowest BCUT2D eigenvalue weighted by atomic mass is 9.91. The van der Waals surface area contributed by atoms with E-state index < -0.39 is 5.97 Å². The van der Waals surface area contributed by atoms with Crippen LogP contribution in [0, 0.1) is 6.92 Å². The standard InChI is InChI=1S/C16H12O5/c1-8-12-6-10(17)2-3-11(12)14(9-4-5-21-7-9)15(18)13(8)16(19)20/h2-7,17-18H,1H3,(H,19,20). The van der Waals surface area contributed by atoms with Gasteiger partial charge < -0.3 is 19.7 Å². The molecular weight excluding hydrogens is 272 g/mol. The Kier molecular flexibility index (Phi) is 2.83. The minimum atomic E-state index is -1.22. The Morgan fingerprint density at radius 3 is 2.52 bits per heavy atom. The van der Waals surface area contributed by atoms with Crippen LogP contribution in [-0.2, 0) is 0 Å². The molecule has 21 heavy (non-hydrogen) atoms. The fourth-order valence-electron chi connectivity index (χ4n) is 2.59. The predicted molar refractivity (Wildman–Crippen MR) is 76.7 cm³/mol. The average Bonchev–Trinajstić information content (AvgIpc) is 2.93. The number of phenolic OH excluding ortho intramolecular Hbond substituents is 1. The van der Waals surface area contributed by atoms with E-state index in [2.05, 4.69) is 0 Å². The maximum atomic E-state index is 11.4. The Hall–Kier alpha value is -2.95. The van der Waals surface area contributed by atoms with Crippen LogP contribution < -0.4 is 0 Å². The van der Waals surface area contributed by atoms with E-state index in [1.54, 1.807) is 19.1 Å². The van der Waals surface area contributed by atoms with Crippen molar-refractivity contribution in [2.75, 3.05) is 0 Å². The molecule has 0 radical (unpaired) electrons. The third-order valence-electron chi connectivity index (χ3n) is 3.55. The molecule has 3 N–H and O–H groups in total. The zero-order chi connectivity index (χ0) is 15.1. The van der Waals surface area contributed by atoms with Crippen LogP contribution in [0.3, 0.4) is 0 Å². The van der Waals surface area contributed by atoms with Crippen molar-refractivity contribution in [3.05, 3.63) is 47.9 Å². The number of carboxylic acid groups (broad SMARTS) is 1. The zero-order valence-corrected chi connectivity index (χ0v) is 11.1. The van der Waals surface area contributed by atoms with Crippen LogP contribution in [0.25, 0.3) is 21.9 Å². The number of hydrogen-bond donors (Lipinski definition) is 3. The van der Waals surface area contributed by atoms with Gasteiger partial charge in [0, 0.05) is 11.1 Å². The largest absolute Gasteiger partial charge is 0.508 e. The van der Waals surface area contributed by atoms with Crippen molar-refractivity contribution in [3.63, 3.8) is 0 Å². The first-order valence-corrected chi connectivity index (χ1v) is 6.25. The maximum absolute atomic E-state index is 11.4. The highest BCUT2D eigenvalue weighted by molar-refractivity contribution is 6.09. The number of phenols is 2. The quantitative estimate of drug-likeness (QED) is 0.669. The van der Waals surface area contributed by atoms with E-state index in [1.807, 2.05) is 0 Å². The summed E-state index contributed by atoms with van der Waals surface area (Å²) in [5, 5.41) is 30.6. The van der Waals surface area contributed by atoms with Gasteiger partial charge in [0.25, 0.3) is 0 Å². The molecule has 2 aromatic carbocycles. The van der Waals surface area contributed by atoms with Gasteiger partial charge in [-0.05, 0) is 47.5 Å². The van der Waals surface area contributed by atoms with Crippen molar-refractivity contribution in [2.24, 2.45) is 0 Å². The smallest absolute Gasteiger partial charge is 0.339 e. The predicted octanol–water partition coefficient (Wildman–Crippen LogP) is 3.52. The summed E-state index contributed by atoms with van der Waals surface area (Å²) in [5.74, 6) is -1.50. The molecule has 106 valence electrons. The number of fused-ring (bicyclic) bond motifs is 1. The first-order valence-electron chi connectivity index (χ1n) is 6.25. The van der Waals surface area contributed by atoms with E-state index in [0.29, 0.717) is 27.5 Å². The Labute approximate surface area is 119 Å². The van der Waals surface area contributed by atoms with Crippen LogP contribution in [0.1, 0.15) is 15.9 Å². The number of carboxylic acids is 1. The van der Waals surface area contributed by atoms with E-state index in [9.17, 15) is 20.1 Å². The van der Waals surface area contributed by atoms with Crippen molar-refractivity contribution in [1.29, 1.82) is 0 Å². The van der Waals surface area contributed by atoms with Gasteiger partial charge >= 0.3 is 5.97 Å². The summed E-state index contributed by atoms with van der Waals surface area (Å²) >= 11 is 0. The van der Waals surface area contributed by atoms with E-state index in [1.165, 1.54) is 24.7 Å². The minimum Gasteiger partial charge on any atom is -0.508 e. The van der Waals surface area contributed by atoms with Gasteiger partial charge in [-0.1, -0.05) is 0 Å². The summed E-state index contributed by atoms with van der Waals surface area (Å²) in [6.07, 6.45) is 2.88. The van der Waals surface area contributed by atoms with Crippen molar-refractivity contribution >= 4 is 16.7 Å². The first kappa shape index (κ1) is 13.1. The number of hydrogen-bond acceptors (Lipinski definition) is 4. The summed E-state index contributed by atoms with van der Waals surface area (Å²) in [6, 6.07) is 6.26. The molecule has 0 atom stereocenters. The third-order valence-corrected chi connectivity index (χ3v) is 3.55. The molecule has 3 aromatic rings. The maximum Gasteiger partial charge on any atom is 0.339 e. The fraction of sp³-hybridized carbons (Fsp3) is 0.0625. The second-order valence-electron chi connectivity index (χ2n) is 4.77. The molecule has 3 rings (SSSR count). The molecule has 0 amide bonds. The van der Waals surface area contributed by atoms with Crippen LogP contribution in [0.2, 0.25) is 0 Å². The number of furan rings is 1. The number of carbonyl (C=O) groups is 1. The van der Waals surface area contributed by atoms with Crippen LogP contribution in [0.5, 0.6) is 11.5 Å². The van der Waals surface area contributed by atoms with Crippen molar-refractivity contribution in [2.45, 2.75) is 6.92 Å². The second-order valence-corrected chi connectivity index (χ2v) is 4.77. The Balaban J connectivity index is 2.54. The highest BCUT2D eigenvalue weighted by Crippen LogP contribution is 2.42. The SMILES string of the molecule is Cc1c(C(=O)O)c(O)c(-c2ccoc2)c2ccc(O)cc12. The lowest BCUT2D eigenvalue weighted by molar-refractivity contribution is 0.0693. The van der Waals surface area contributed by atoms with Gasteiger partial charge in [0.15, 0.2) is 0 Å². The monoisotopic (exact) mass is 284 g/mol. The van der Waals surface area contributed by atoms with Gasteiger partial charge in [-0.25, -0.2) is 4.79 Å². The van der Waals surface area contributed by atoms with Gasteiger partial charge in [0.05, 0.1) is 12.5 Å². The summed E-state index contributed by atoms with van der Waals surface area (Å²) in [6.45, 7) is 1.60. The molecule has 0 aliphatic carbocycles. The molecule has 0 aliphatic heterocycles. The third kappa shape index (κ3) is 1.90. The summed E-state index contributed by atoms with van der Waals surface area (Å²) < 4.78 is 5.02. The number of rotatable bonds is 2. The van der Waals surface area contributed by atoms with Crippen molar-refractivity contribution in [1.82, 2.24) is 0 Å². The normalized spacial score (nSPS) is 10.9. The molecule has 0 unspecified atom stereocenters. The molecular formula is C16H12O5. The Morgan fingerprint density at radius 2 is 1.90 bits per heavy atom. The molecule has 5 heteroatoms. The lowest BCUT2D eigenvalue weighted by Gasteiger charge is -2.14. The van der Waals surface area contributed by atoms with Crippen LogP contribution in [0.4, 0.5) is 0 Å². The molecule has 0 bridgehead atoms. The number of benzene rings is 2. The van der Waals surface area contributed by atoms with Gasteiger partial charge in [-0.2, -0.15) is 0 Å². The molecule has 0 aliphatic rings. The molecule has 0 spiro atoms. The second kappa shape index (κ2) is 4.56. The summed E-state index contributed by atoms with van der Waals surface area (Å²) in [5.41, 5.74) is 1.18. The van der Waals surface area contributed by atoms with Crippen LogP contribution in [0.15, 0.2) is 41.2 Å². The zero-order valence-electron chi connectivity index (χ0n) is 11.1. The highest BCUT2D eigenvalue weighted by Gasteiger charge is 2.23. The van der Waals surface area contributed by atoms with Crippen molar-refractivity contribution < 1.29 is 24.5 Å². The van der Waals surface area contributed by atoms with E-state index in [0.717, 1.165) is 0 Å². The summed E-state index contributed by atoms with van der Waals surface area (Å²) in [4.78, 5) is 11.4. The highest BCUT2D eigenvalue weighted by atomic mass is 16.4. The Morgan fingerprint density at radius 1 is 1.14 bits per heavy atom. The number of aromatic carboxylic acids is 1. The van der Waals surface area contributed by atoms with E-state index >= 15 is 0 Å². The fourth-order valence-corrected chi connectivity index (χ4v) is 2.59. The van der Waals surface area contributed by atoms with Gasteiger partial charge in [-0.15, -0.1) is 0 Å². The van der Waals surface area contributed by atoms with E-state index in [4.69, 9.17) is 4.42 Å². The minimum absolute atomic E-state index is 0.0331. The number of aromatic hydroxyl groups is 2. The molecule has 1 aromatic heterocycles. The van der Waals surface area contributed by atoms with Crippen LogP contribution >= 0.6 is 0 Å². The van der Waals surface area contributed by atoms with Gasteiger partial charge in [-0.3, -0.25) is 0 Å². The molecule has 0 saturated heterocycles. The van der Waals surface area contributed by atoms with Crippen LogP contribution in [-0.4, -0.2) is 21.3 Å². The van der Waals surface area contributed by atoms with Crippen molar-refractivity contribution in [3.8, 4) is 22.6 Å². The average molecular weight is 284 g/mol. The Bertz CT molecular complexity index is 847. The number of aryl methyl sites for hydroxylation is 1. The van der Waals surface area contributed by atoms with E-state index in [-0.39, 0.29) is 17.1 Å². The lowest BCUT2D eigenvalue weighted by Crippen LogP contribution is -2.02. The topological polar surface area (TPSA) is 90.9 Å². The molecule has 5 nitrogen and oxygen atoms in total. The van der Waals surface area contributed by atoms with Gasteiger partial charge in [0.1, 0.15) is 17.1 Å². The summed E-state index contributed by atoms with van der Waals surface area (Å²) in [7, 11) is 0.